The van der Waals surface area contributed by atoms with Crippen molar-refractivity contribution in [2.24, 2.45) is 0 Å². The molecule has 5 nitrogen and oxygen atoms in total. The van der Waals surface area contributed by atoms with E-state index in [1.54, 1.807) is 12.3 Å². The Morgan fingerprint density at radius 2 is 2.14 bits per heavy atom. The van der Waals surface area contributed by atoms with Crippen LogP contribution in [0, 0.1) is 0 Å². The molecule has 0 amide bonds. The van der Waals surface area contributed by atoms with Crippen molar-refractivity contribution in [1.82, 2.24) is 4.98 Å². The van der Waals surface area contributed by atoms with Crippen molar-refractivity contribution in [2.75, 3.05) is 19.8 Å². The standard InChI is InChI=1S/C15H15NO4S/c1-2-18-15(17)11-9-21-14(16-11)10-4-5-12-13(8-10)20-7-3-6-19-12/h4-5,8-9H,2-3,6-7H2,1H3. The number of hydrogen-bond acceptors (Lipinski definition) is 6. The molecule has 1 aromatic heterocycles. The minimum Gasteiger partial charge on any atom is -0.490 e. The van der Waals surface area contributed by atoms with Crippen LogP contribution in [0.15, 0.2) is 23.6 Å². The molecule has 0 N–H and O–H groups in total. The maximum absolute atomic E-state index is 11.6. The highest BCUT2D eigenvalue weighted by atomic mass is 32.1. The number of rotatable bonds is 3. The van der Waals surface area contributed by atoms with Gasteiger partial charge in [-0.05, 0) is 25.1 Å². The van der Waals surface area contributed by atoms with Crippen LogP contribution in [0.2, 0.25) is 0 Å². The Labute approximate surface area is 126 Å². The third kappa shape index (κ3) is 3.00. The first-order chi connectivity index (χ1) is 10.3. The molecule has 2 heterocycles. The topological polar surface area (TPSA) is 57.7 Å². The van der Waals surface area contributed by atoms with Crippen molar-refractivity contribution in [3.63, 3.8) is 0 Å². The third-order valence-corrected chi connectivity index (χ3v) is 3.87. The third-order valence-electron chi connectivity index (χ3n) is 2.98. The van der Waals surface area contributed by atoms with Crippen molar-refractivity contribution < 1.29 is 19.0 Å². The Morgan fingerprint density at radius 3 is 2.95 bits per heavy atom. The monoisotopic (exact) mass is 305 g/mol. The van der Waals surface area contributed by atoms with Crippen molar-refractivity contribution in [3.8, 4) is 22.1 Å². The average Bonchev–Trinajstić information content (AvgIpc) is 2.87. The molecular formula is C15H15NO4S. The zero-order valence-electron chi connectivity index (χ0n) is 11.6. The van der Waals surface area contributed by atoms with E-state index in [-0.39, 0.29) is 0 Å². The molecule has 0 bridgehead atoms. The quantitative estimate of drug-likeness (QED) is 0.815. The van der Waals surface area contributed by atoms with Crippen LogP contribution in [0.25, 0.3) is 10.6 Å². The smallest absolute Gasteiger partial charge is 0.357 e. The van der Waals surface area contributed by atoms with E-state index in [2.05, 4.69) is 4.98 Å². The van der Waals surface area contributed by atoms with Crippen molar-refractivity contribution in [2.45, 2.75) is 13.3 Å². The van der Waals surface area contributed by atoms with Crippen LogP contribution in [-0.2, 0) is 4.74 Å². The van der Waals surface area contributed by atoms with E-state index in [1.165, 1.54) is 11.3 Å². The first-order valence-corrected chi connectivity index (χ1v) is 7.68. The van der Waals surface area contributed by atoms with Crippen LogP contribution in [0.4, 0.5) is 0 Å². The van der Waals surface area contributed by atoms with Gasteiger partial charge >= 0.3 is 5.97 Å². The first kappa shape index (κ1) is 13.9. The maximum atomic E-state index is 11.6. The van der Waals surface area contributed by atoms with Gasteiger partial charge in [0.05, 0.1) is 19.8 Å². The lowest BCUT2D eigenvalue weighted by Crippen LogP contribution is -2.04. The minimum absolute atomic E-state index is 0.337. The summed E-state index contributed by atoms with van der Waals surface area (Å²) in [5.74, 6) is 1.07. The van der Waals surface area contributed by atoms with Gasteiger partial charge in [-0.25, -0.2) is 9.78 Å². The number of fused-ring (bicyclic) bond motifs is 1. The van der Waals surface area contributed by atoms with Crippen LogP contribution in [-0.4, -0.2) is 30.8 Å². The van der Waals surface area contributed by atoms with Crippen LogP contribution < -0.4 is 9.47 Å². The SMILES string of the molecule is CCOC(=O)c1csc(-c2ccc3c(c2)OCCCO3)n1. The lowest BCUT2D eigenvalue weighted by Gasteiger charge is -2.07. The Morgan fingerprint density at radius 1 is 1.33 bits per heavy atom. The van der Waals surface area contributed by atoms with Gasteiger partial charge in [-0.1, -0.05) is 0 Å². The summed E-state index contributed by atoms with van der Waals surface area (Å²) < 4.78 is 16.2. The normalized spacial score (nSPS) is 13.6. The lowest BCUT2D eigenvalue weighted by atomic mass is 10.2. The zero-order valence-corrected chi connectivity index (χ0v) is 12.4. The summed E-state index contributed by atoms with van der Waals surface area (Å²) in [5, 5.41) is 2.46. The maximum Gasteiger partial charge on any atom is 0.357 e. The number of nitrogens with zero attached hydrogens (tertiary/aromatic N) is 1. The molecular weight excluding hydrogens is 290 g/mol. The van der Waals surface area contributed by atoms with E-state index < -0.39 is 5.97 Å². The zero-order chi connectivity index (χ0) is 14.7. The second-order valence-electron chi connectivity index (χ2n) is 4.47. The fourth-order valence-corrected chi connectivity index (χ4v) is 2.79. The molecule has 0 atom stereocenters. The van der Waals surface area contributed by atoms with Crippen LogP contribution in [0.3, 0.4) is 0 Å². The van der Waals surface area contributed by atoms with E-state index >= 15 is 0 Å². The Balaban J connectivity index is 1.87. The van der Waals surface area contributed by atoms with E-state index in [0.717, 1.165) is 28.5 Å². The van der Waals surface area contributed by atoms with Gasteiger partial charge in [0, 0.05) is 17.4 Å². The number of esters is 1. The Kier molecular flexibility index (Phi) is 4.06. The summed E-state index contributed by atoms with van der Waals surface area (Å²) in [6, 6.07) is 5.69. The van der Waals surface area contributed by atoms with Crippen LogP contribution in [0.5, 0.6) is 11.5 Å². The Bertz CT molecular complexity index is 653. The van der Waals surface area contributed by atoms with Crippen LogP contribution in [0.1, 0.15) is 23.8 Å². The highest BCUT2D eigenvalue weighted by Gasteiger charge is 2.15. The number of ether oxygens (including phenoxy) is 3. The Hall–Kier alpha value is -2.08. The largest absolute Gasteiger partial charge is 0.490 e. The summed E-state index contributed by atoms with van der Waals surface area (Å²) in [4.78, 5) is 16.0. The number of hydrogen-bond donors (Lipinski definition) is 0. The number of aromatic nitrogens is 1. The fraction of sp³-hybridized carbons (Fsp3) is 0.333. The average molecular weight is 305 g/mol. The molecule has 0 spiro atoms. The molecule has 1 aliphatic heterocycles. The van der Waals surface area contributed by atoms with E-state index in [4.69, 9.17) is 14.2 Å². The molecule has 0 fully saturated rings. The highest BCUT2D eigenvalue weighted by Crippen LogP contribution is 2.35. The van der Waals surface area contributed by atoms with Gasteiger partial charge in [0.15, 0.2) is 17.2 Å². The molecule has 6 heteroatoms. The minimum atomic E-state index is -0.394. The van der Waals surface area contributed by atoms with Gasteiger partial charge in [0.25, 0.3) is 0 Å². The van der Waals surface area contributed by atoms with Gasteiger partial charge in [-0.2, -0.15) is 0 Å². The van der Waals surface area contributed by atoms with E-state index in [1.807, 2.05) is 18.2 Å². The van der Waals surface area contributed by atoms with E-state index in [9.17, 15) is 4.79 Å². The highest BCUT2D eigenvalue weighted by molar-refractivity contribution is 7.13. The van der Waals surface area contributed by atoms with Gasteiger partial charge in [-0.15, -0.1) is 11.3 Å². The molecule has 1 aliphatic rings. The molecule has 0 unspecified atom stereocenters. The van der Waals surface area contributed by atoms with Crippen LogP contribution >= 0.6 is 11.3 Å². The molecule has 21 heavy (non-hydrogen) atoms. The molecule has 3 rings (SSSR count). The predicted octanol–water partition coefficient (Wildman–Crippen LogP) is 3.15. The first-order valence-electron chi connectivity index (χ1n) is 6.80. The summed E-state index contributed by atoms with van der Waals surface area (Å²) in [5.41, 5.74) is 1.24. The number of carbonyl (C=O) groups is 1. The van der Waals surface area contributed by atoms with Gasteiger partial charge in [-0.3, -0.25) is 0 Å². The predicted molar refractivity (Wildman–Crippen MR) is 79.1 cm³/mol. The molecule has 0 saturated heterocycles. The molecule has 0 radical (unpaired) electrons. The van der Waals surface area contributed by atoms with Crippen molar-refractivity contribution in [1.29, 1.82) is 0 Å². The van der Waals surface area contributed by atoms with Crippen molar-refractivity contribution in [3.05, 3.63) is 29.3 Å². The molecule has 2 aromatic rings. The fourth-order valence-electron chi connectivity index (χ4n) is 2.00. The van der Waals surface area contributed by atoms with Gasteiger partial charge in [0.1, 0.15) is 5.01 Å². The number of benzene rings is 1. The summed E-state index contributed by atoms with van der Waals surface area (Å²) in [6.07, 6.45) is 0.869. The molecule has 110 valence electrons. The second-order valence-corrected chi connectivity index (χ2v) is 5.33. The molecule has 1 aromatic carbocycles. The number of thiazole rings is 1. The second kappa shape index (κ2) is 6.13. The van der Waals surface area contributed by atoms with Gasteiger partial charge in [0.2, 0.25) is 0 Å². The molecule has 0 saturated carbocycles. The lowest BCUT2D eigenvalue weighted by molar-refractivity contribution is 0.0520. The summed E-state index contributed by atoms with van der Waals surface area (Å²) in [6.45, 7) is 3.42. The van der Waals surface area contributed by atoms with Gasteiger partial charge < -0.3 is 14.2 Å². The number of carbonyl (C=O) groups excluding carboxylic acids is 1. The van der Waals surface area contributed by atoms with Crippen molar-refractivity contribution >= 4 is 17.3 Å². The summed E-state index contributed by atoms with van der Waals surface area (Å²) in [7, 11) is 0. The summed E-state index contributed by atoms with van der Waals surface area (Å²) >= 11 is 1.40. The van der Waals surface area contributed by atoms with E-state index in [0.29, 0.717) is 25.5 Å². The molecule has 0 aliphatic carbocycles.